The summed E-state index contributed by atoms with van der Waals surface area (Å²) in [4.78, 5) is 0. The summed E-state index contributed by atoms with van der Waals surface area (Å²) in [6, 6.07) is 0.262. The molecule has 0 aliphatic heterocycles. The van der Waals surface area contributed by atoms with Gasteiger partial charge in [-0.15, -0.1) is 0 Å². The van der Waals surface area contributed by atoms with E-state index in [4.69, 9.17) is 4.74 Å². The van der Waals surface area contributed by atoms with Crippen LogP contribution in [0.1, 0.15) is 53.0 Å². The van der Waals surface area contributed by atoms with Gasteiger partial charge in [-0.2, -0.15) is 5.10 Å². The Morgan fingerprint density at radius 1 is 1.42 bits per heavy atom. The summed E-state index contributed by atoms with van der Waals surface area (Å²) < 4.78 is 7.47. The van der Waals surface area contributed by atoms with Gasteiger partial charge in [0.1, 0.15) is 0 Å². The van der Waals surface area contributed by atoms with Crippen molar-refractivity contribution in [2.75, 3.05) is 6.61 Å². The molecule has 4 heteroatoms. The summed E-state index contributed by atoms with van der Waals surface area (Å²) in [5.74, 6) is 1.35. The van der Waals surface area contributed by atoms with Crippen LogP contribution in [0.4, 0.5) is 0 Å². The largest absolute Gasteiger partial charge is 0.491 e. The van der Waals surface area contributed by atoms with Crippen LogP contribution in [0.25, 0.3) is 0 Å². The van der Waals surface area contributed by atoms with Crippen molar-refractivity contribution in [2.45, 2.75) is 59.1 Å². The lowest BCUT2D eigenvalue weighted by Crippen LogP contribution is -2.37. The standard InChI is InChI=1S/C15H26N2O2/c1-5-19-12-9-16-17(10-12)14-8-11(18)6-7-13(14)15(2,3)4/h9-11,13-14,18H,5-8H2,1-4H3. The number of hydrogen-bond acceptors (Lipinski definition) is 3. The summed E-state index contributed by atoms with van der Waals surface area (Å²) in [7, 11) is 0. The lowest BCUT2D eigenvalue weighted by molar-refractivity contribution is 0.0253. The van der Waals surface area contributed by atoms with E-state index in [0.29, 0.717) is 12.5 Å². The monoisotopic (exact) mass is 266 g/mol. The highest BCUT2D eigenvalue weighted by atomic mass is 16.5. The zero-order chi connectivity index (χ0) is 14.0. The van der Waals surface area contributed by atoms with Crippen LogP contribution in [-0.4, -0.2) is 27.6 Å². The molecule has 19 heavy (non-hydrogen) atoms. The number of aromatic nitrogens is 2. The predicted octanol–water partition coefficient (Wildman–Crippen LogP) is 3.03. The van der Waals surface area contributed by atoms with E-state index in [2.05, 4.69) is 25.9 Å². The summed E-state index contributed by atoms with van der Waals surface area (Å²) in [6.45, 7) is 9.45. The van der Waals surface area contributed by atoms with Gasteiger partial charge in [0, 0.05) is 0 Å². The minimum Gasteiger partial charge on any atom is -0.491 e. The minimum atomic E-state index is -0.205. The van der Waals surface area contributed by atoms with Crippen molar-refractivity contribution in [3.05, 3.63) is 12.4 Å². The van der Waals surface area contributed by atoms with Gasteiger partial charge in [0.25, 0.3) is 0 Å². The van der Waals surface area contributed by atoms with Crippen LogP contribution >= 0.6 is 0 Å². The topological polar surface area (TPSA) is 47.3 Å². The molecule has 0 amide bonds. The Morgan fingerprint density at radius 2 is 2.16 bits per heavy atom. The molecule has 1 aromatic rings. The minimum absolute atomic E-state index is 0.205. The van der Waals surface area contributed by atoms with Crippen LogP contribution in [0.5, 0.6) is 5.75 Å². The zero-order valence-electron chi connectivity index (χ0n) is 12.5. The fraction of sp³-hybridized carbons (Fsp3) is 0.800. The maximum Gasteiger partial charge on any atom is 0.157 e. The van der Waals surface area contributed by atoms with E-state index in [1.54, 1.807) is 6.20 Å². The maximum atomic E-state index is 9.96. The highest BCUT2D eigenvalue weighted by Crippen LogP contribution is 2.44. The number of aliphatic hydroxyl groups is 1. The second kappa shape index (κ2) is 5.53. The van der Waals surface area contributed by atoms with Gasteiger partial charge in [-0.3, -0.25) is 4.68 Å². The molecule has 1 heterocycles. The third-order valence-corrected chi connectivity index (χ3v) is 4.13. The molecule has 0 spiro atoms. The molecule has 1 fully saturated rings. The molecule has 1 aliphatic carbocycles. The van der Waals surface area contributed by atoms with Crippen molar-refractivity contribution in [3.63, 3.8) is 0 Å². The average molecular weight is 266 g/mol. The normalized spacial score (nSPS) is 28.4. The molecule has 2 rings (SSSR count). The van der Waals surface area contributed by atoms with E-state index in [1.165, 1.54) is 0 Å². The fourth-order valence-corrected chi connectivity index (χ4v) is 3.17. The molecule has 3 atom stereocenters. The smallest absolute Gasteiger partial charge is 0.157 e. The summed E-state index contributed by atoms with van der Waals surface area (Å²) in [5.41, 5.74) is 0.225. The highest BCUT2D eigenvalue weighted by molar-refractivity contribution is 5.12. The van der Waals surface area contributed by atoms with Crippen molar-refractivity contribution < 1.29 is 9.84 Å². The van der Waals surface area contributed by atoms with E-state index in [9.17, 15) is 5.11 Å². The predicted molar refractivity (Wildman–Crippen MR) is 75.2 cm³/mol. The second-order valence-electron chi connectivity index (χ2n) is 6.60. The first-order valence-corrected chi connectivity index (χ1v) is 7.27. The molecule has 4 nitrogen and oxygen atoms in total. The van der Waals surface area contributed by atoms with Crippen LogP contribution in [0, 0.1) is 11.3 Å². The van der Waals surface area contributed by atoms with Gasteiger partial charge < -0.3 is 9.84 Å². The molecule has 1 aromatic heterocycles. The molecular weight excluding hydrogens is 240 g/mol. The van der Waals surface area contributed by atoms with Gasteiger partial charge in [-0.25, -0.2) is 0 Å². The van der Waals surface area contributed by atoms with E-state index in [1.807, 2.05) is 17.8 Å². The zero-order valence-corrected chi connectivity index (χ0v) is 12.5. The van der Waals surface area contributed by atoms with E-state index >= 15 is 0 Å². The molecule has 0 radical (unpaired) electrons. The second-order valence-corrected chi connectivity index (χ2v) is 6.60. The molecule has 0 saturated heterocycles. The Kier molecular flexibility index (Phi) is 4.19. The third-order valence-electron chi connectivity index (χ3n) is 4.13. The first-order chi connectivity index (χ1) is 8.91. The van der Waals surface area contributed by atoms with Crippen LogP contribution < -0.4 is 4.74 Å². The Morgan fingerprint density at radius 3 is 2.79 bits per heavy atom. The maximum absolute atomic E-state index is 9.96. The molecule has 0 bridgehead atoms. The van der Waals surface area contributed by atoms with Crippen LogP contribution in [-0.2, 0) is 0 Å². The molecule has 1 aliphatic rings. The molecule has 0 aromatic carbocycles. The molecule has 108 valence electrons. The van der Waals surface area contributed by atoms with Gasteiger partial charge in [-0.1, -0.05) is 20.8 Å². The van der Waals surface area contributed by atoms with Crippen molar-refractivity contribution in [1.82, 2.24) is 9.78 Å². The highest BCUT2D eigenvalue weighted by Gasteiger charge is 2.38. The number of hydrogen-bond donors (Lipinski definition) is 1. The Balaban J connectivity index is 2.21. The molecule has 1 saturated carbocycles. The van der Waals surface area contributed by atoms with E-state index < -0.39 is 0 Å². The van der Waals surface area contributed by atoms with Gasteiger partial charge in [0.05, 0.1) is 31.1 Å². The lowest BCUT2D eigenvalue weighted by Gasteiger charge is -2.42. The summed E-state index contributed by atoms with van der Waals surface area (Å²) in [6.07, 6.45) is 6.27. The van der Waals surface area contributed by atoms with Crippen molar-refractivity contribution in [2.24, 2.45) is 11.3 Å². The summed E-state index contributed by atoms with van der Waals surface area (Å²) >= 11 is 0. The Labute approximate surface area is 115 Å². The Hall–Kier alpha value is -1.03. The molecular formula is C15H26N2O2. The van der Waals surface area contributed by atoms with Crippen molar-refractivity contribution in [1.29, 1.82) is 0 Å². The fourth-order valence-electron chi connectivity index (χ4n) is 3.17. The van der Waals surface area contributed by atoms with Crippen LogP contribution in [0.3, 0.4) is 0 Å². The van der Waals surface area contributed by atoms with E-state index in [-0.39, 0.29) is 17.6 Å². The third kappa shape index (κ3) is 3.30. The van der Waals surface area contributed by atoms with Crippen LogP contribution in [0.2, 0.25) is 0 Å². The van der Waals surface area contributed by atoms with Gasteiger partial charge in [-0.05, 0) is 37.5 Å². The van der Waals surface area contributed by atoms with Crippen LogP contribution in [0.15, 0.2) is 12.4 Å². The molecule has 3 unspecified atom stereocenters. The lowest BCUT2D eigenvalue weighted by atomic mass is 9.69. The number of rotatable bonds is 3. The quantitative estimate of drug-likeness (QED) is 0.914. The number of ether oxygens (including phenoxy) is 1. The number of aliphatic hydroxyl groups excluding tert-OH is 1. The van der Waals surface area contributed by atoms with Crippen molar-refractivity contribution >= 4 is 0 Å². The molecule has 1 N–H and O–H groups in total. The van der Waals surface area contributed by atoms with Gasteiger partial charge in [0.2, 0.25) is 0 Å². The van der Waals surface area contributed by atoms with E-state index in [0.717, 1.165) is 25.0 Å². The first kappa shape index (κ1) is 14.4. The summed E-state index contributed by atoms with van der Waals surface area (Å²) in [5, 5.41) is 14.4. The first-order valence-electron chi connectivity index (χ1n) is 7.27. The number of nitrogens with zero attached hydrogens (tertiary/aromatic N) is 2. The van der Waals surface area contributed by atoms with Gasteiger partial charge in [0.15, 0.2) is 5.75 Å². The Bertz CT molecular complexity index is 409. The van der Waals surface area contributed by atoms with Gasteiger partial charge >= 0.3 is 0 Å². The SMILES string of the molecule is CCOc1cnn(C2CC(O)CCC2C(C)(C)C)c1. The average Bonchev–Trinajstić information content (AvgIpc) is 2.76. The van der Waals surface area contributed by atoms with Crippen molar-refractivity contribution in [3.8, 4) is 5.75 Å².